The van der Waals surface area contributed by atoms with Crippen LogP contribution in [0.1, 0.15) is 27.7 Å². The summed E-state index contributed by atoms with van der Waals surface area (Å²) in [4.78, 5) is 114. The van der Waals surface area contributed by atoms with E-state index in [2.05, 4.69) is 16.0 Å². The number of aldehydes is 1. The Morgan fingerprint density at radius 2 is 0.648 bits per heavy atom. The first-order valence-electron chi connectivity index (χ1n) is 31.9. The van der Waals surface area contributed by atoms with Crippen LogP contribution in [0.15, 0.2) is 0 Å². The van der Waals surface area contributed by atoms with Crippen molar-refractivity contribution in [2.24, 2.45) is 0 Å². The third-order valence-corrected chi connectivity index (χ3v) is 17.7. The lowest BCUT2D eigenvalue weighted by Gasteiger charge is -2.51. The number of aliphatic carboxylic acids is 4. The molecule has 0 saturated carbocycles. The van der Waals surface area contributed by atoms with E-state index in [4.69, 9.17) is 66.3 Å². The zero-order chi connectivity index (χ0) is 78.4. The second-order valence-corrected chi connectivity index (χ2v) is 25.1. The van der Waals surface area contributed by atoms with E-state index in [-0.39, 0.29) is 6.29 Å². The van der Waals surface area contributed by atoms with Crippen LogP contribution in [0.2, 0.25) is 0 Å². The van der Waals surface area contributed by atoms with Gasteiger partial charge in [-0.2, -0.15) is 0 Å². The quantitative estimate of drug-likeness (QED) is 0.0297. The number of carboxylic acid groups (broad SMARTS) is 4. The van der Waals surface area contributed by atoms with Crippen LogP contribution in [0, 0.1) is 0 Å². The number of hydrogen-bond acceptors (Lipinski definition) is 41. The smallest absolute Gasteiger partial charge is 0.335 e. The number of ether oxygens (including phenoxy) is 14. The molecule has 7 fully saturated rings. The van der Waals surface area contributed by atoms with Crippen LogP contribution in [0.3, 0.4) is 0 Å². The molecule has 7 heterocycles. The summed E-state index contributed by atoms with van der Waals surface area (Å²) in [6, 6.07) is -8.19. The van der Waals surface area contributed by atoms with Gasteiger partial charge in [-0.25, -0.2) is 19.2 Å². The molecule has 0 aromatic rings. The van der Waals surface area contributed by atoms with Crippen molar-refractivity contribution in [3.8, 4) is 0 Å². The summed E-state index contributed by atoms with van der Waals surface area (Å²) in [5.41, 5.74) is 0. The molecule has 600 valence electrons. The van der Waals surface area contributed by atoms with Gasteiger partial charge in [0, 0.05) is 27.7 Å². The van der Waals surface area contributed by atoms with Crippen LogP contribution in [-0.2, 0) is 109 Å². The van der Waals surface area contributed by atoms with Crippen molar-refractivity contribution in [2.45, 2.75) is 267 Å². The molecule has 39 atom stereocenters. The largest absolute Gasteiger partial charge is 0.479 e. The van der Waals surface area contributed by atoms with Crippen LogP contribution >= 0.6 is 0 Å². The van der Waals surface area contributed by atoms with E-state index in [1.54, 1.807) is 0 Å². The molecule has 0 radical (unpaired) electrons. The average Bonchev–Trinajstić information content (AvgIpc) is 0.773. The number of hydrogen-bond donors (Lipinski definition) is 26. The molecule has 7 saturated heterocycles. The Balaban J connectivity index is 1.12. The van der Waals surface area contributed by atoms with Crippen molar-refractivity contribution in [2.75, 3.05) is 26.4 Å². The summed E-state index contributed by atoms with van der Waals surface area (Å²) in [5.74, 6) is -12.2. The van der Waals surface area contributed by atoms with Gasteiger partial charge in [-0.05, 0) is 0 Å². The van der Waals surface area contributed by atoms with Gasteiger partial charge in [0.2, 0.25) is 23.6 Å². The summed E-state index contributed by atoms with van der Waals surface area (Å²) < 4.78 is 78.9. The minimum atomic E-state index is -2.67. The summed E-state index contributed by atoms with van der Waals surface area (Å²) in [6.07, 6.45) is -82.6. The second-order valence-electron chi connectivity index (χ2n) is 25.1. The number of aliphatic hydroxyl groups excluding tert-OH is 18. The molecular weight excluding hydrogens is 1450 g/mol. The molecule has 0 spiro atoms. The monoisotopic (exact) mass is 1530 g/mol. The third kappa shape index (κ3) is 19.4. The first kappa shape index (κ1) is 86.4. The van der Waals surface area contributed by atoms with Crippen LogP contribution < -0.4 is 21.3 Å². The highest BCUT2D eigenvalue weighted by Gasteiger charge is 2.62. The number of nitrogens with one attached hydrogen (secondary N) is 4. The Labute approximate surface area is 588 Å². The number of carbonyl (C=O) groups is 9. The summed E-state index contributed by atoms with van der Waals surface area (Å²) in [5, 5.41) is 247. The van der Waals surface area contributed by atoms with Crippen LogP contribution in [-0.4, -0.2) is 432 Å². The zero-order valence-electron chi connectivity index (χ0n) is 55.2. The summed E-state index contributed by atoms with van der Waals surface area (Å²) >= 11 is 0. The topological polar surface area (TPSA) is 776 Å². The lowest BCUT2D eigenvalue weighted by molar-refractivity contribution is -0.379. The van der Waals surface area contributed by atoms with E-state index in [0.717, 1.165) is 27.7 Å². The molecule has 7 rings (SSSR count). The third-order valence-electron chi connectivity index (χ3n) is 17.7. The van der Waals surface area contributed by atoms with Crippen molar-refractivity contribution in [3.05, 3.63) is 0 Å². The minimum absolute atomic E-state index is 0.0230. The molecule has 7 aliphatic rings. The Hall–Kier alpha value is -5.85. The van der Waals surface area contributed by atoms with Gasteiger partial charge in [-0.1, -0.05) is 0 Å². The average molecular weight is 1540 g/mol. The predicted molar refractivity (Wildman–Crippen MR) is 314 cm³/mol. The van der Waals surface area contributed by atoms with E-state index < -0.39 is 313 Å². The number of carboxylic acids is 4. The molecule has 4 amide bonds. The lowest BCUT2D eigenvalue weighted by Crippen LogP contribution is -2.71. The number of carbonyl (C=O) groups excluding carboxylic acids is 5. The normalized spacial score (nSPS) is 43.5. The molecule has 0 bridgehead atoms. The lowest BCUT2D eigenvalue weighted by atomic mass is 9.93. The fourth-order valence-electron chi connectivity index (χ4n) is 12.5. The van der Waals surface area contributed by atoms with Crippen molar-refractivity contribution in [3.63, 3.8) is 0 Å². The highest BCUT2D eigenvalue weighted by Crippen LogP contribution is 2.39. The maximum Gasteiger partial charge on any atom is 0.335 e. The molecule has 0 aromatic heterocycles. The van der Waals surface area contributed by atoms with Gasteiger partial charge in [0.1, 0.15) is 177 Å². The van der Waals surface area contributed by atoms with Gasteiger partial charge in [-0.3, -0.25) is 19.2 Å². The number of amides is 4. The van der Waals surface area contributed by atoms with E-state index in [9.17, 15) is 155 Å². The van der Waals surface area contributed by atoms with Crippen molar-refractivity contribution >= 4 is 53.8 Å². The van der Waals surface area contributed by atoms with Gasteiger partial charge < -0.3 is 205 Å². The fourth-order valence-corrected chi connectivity index (χ4v) is 12.5. The van der Waals surface area contributed by atoms with E-state index in [1.165, 1.54) is 0 Å². The molecule has 105 heavy (non-hydrogen) atoms. The predicted octanol–water partition coefficient (Wildman–Crippen LogP) is -17.7. The SMILES string of the molecule is CC(=O)N[C@H]1[C@H](O[C@H]2[C@H](O)[C@@H](O)[C@H](O[C@H]3[C@H](O)[C@@H](CO)O[C@@H](O[C@H]4[C@H](O)[C@@H](O)[C@H](O[C@H]5[C@H](O)[C@@H](CO)O[C@@H](O[C@H]6[C@H](O)[C@@H](O)[C@H](O[C@@H]([C@H](O)[C@H](O)CO)[C@H](C=O)NC(C)=O)O[C@@H]6C(=O)O)[C@@H]5NC(C)=O)O[C@@H]4C(=O)O)[C@@H]3NC(C)=O)O[C@@H]2C(=O)O)O[C@H](CO)[C@@H](O)[C@@H]1O[C@@H]1O[C@H](C(=O)O)[C@@H](O)[C@H](O)[C@H]1O. The van der Waals surface area contributed by atoms with Crippen molar-refractivity contribution < 1.29 is 222 Å². The fraction of sp³-hybridized carbons (Fsp3) is 0.839. The molecule has 49 nitrogen and oxygen atoms in total. The minimum Gasteiger partial charge on any atom is -0.479 e. The summed E-state index contributed by atoms with van der Waals surface area (Å²) in [7, 11) is 0. The molecule has 0 unspecified atom stereocenters. The Morgan fingerprint density at radius 1 is 0.362 bits per heavy atom. The maximum absolute atomic E-state index is 13.2. The molecule has 0 aromatic carbocycles. The van der Waals surface area contributed by atoms with Crippen LogP contribution in [0.4, 0.5) is 0 Å². The maximum atomic E-state index is 13.2. The van der Waals surface area contributed by atoms with Gasteiger partial charge >= 0.3 is 23.9 Å². The molecule has 49 heteroatoms. The first-order valence-corrected chi connectivity index (χ1v) is 31.9. The van der Waals surface area contributed by atoms with E-state index >= 15 is 0 Å². The van der Waals surface area contributed by atoms with E-state index in [0.29, 0.717) is 0 Å². The van der Waals surface area contributed by atoms with Crippen molar-refractivity contribution in [1.82, 2.24) is 21.3 Å². The van der Waals surface area contributed by atoms with E-state index in [1.807, 2.05) is 5.32 Å². The number of rotatable bonds is 30. The van der Waals surface area contributed by atoms with Crippen LogP contribution in [0.25, 0.3) is 0 Å². The molecular formula is C56H86N4O45. The van der Waals surface area contributed by atoms with Gasteiger partial charge in [0.05, 0.1) is 26.4 Å². The Kier molecular flexibility index (Phi) is 30.5. The standard InChI is InChI=1S/C56H86N4O45/c1-10(66)57-14(5-61)35(22(71)15(70)6-62)95-54-32(81)28(77)39(43(103-54)47(86)87)99-51-20(59-12(3)68)37(24(73)17(8-64)93-51)97-56-34(83)30(79)41(45(105-56)49(90)91)101-52-21(60-13(4)69)38(25(74)18(9-65)94-52)98-55-33(82)29(78)40(44(104-55)48(88)89)100-50-19(58-11(2)67)36(23(72)16(7-63)92-50)96-53-31(80)26(75)27(76)42(102-53)46(84)85/h5,14-45,50-56,62-65,70-83H,6-9H2,1-4H3,(H,57,66)(H,58,67)(H,59,68)(H,60,69)(H,84,85)(H,86,87)(H,88,89)(H,90,91)/t14-,15+,16+,17+,18+,19+,20+,21+,22+,23+,24+,25+,26-,27-,28+,29+,30+,31+,32+,33+,34+,35+,36+,37+,38+,39-,40-,41-,42-,43-,44-,45-,50-,51-,52-,53+,54+,55+,56+/m0/s1. The highest BCUT2D eigenvalue weighted by atomic mass is 16.8. The molecule has 7 aliphatic heterocycles. The molecule has 26 N–H and O–H groups in total. The Morgan fingerprint density at radius 3 is 0.924 bits per heavy atom. The summed E-state index contributed by atoms with van der Waals surface area (Å²) in [6.45, 7) is -1.44. The first-order chi connectivity index (χ1) is 49.3. The van der Waals surface area contributed by atoms with Crippen molar-refractivity contribution in [1.29, 1.82) is 0 Å². The van der Waals surface area contributed by atoms with Gasteiger partial charge in [0.15, 0.2) is 68.4 Å². The second kappa shape index (κ2) is 37.0. The van der Waals surface area contributed by atoms with Gasteiger partial charge in [-0.15, -0.1) is 0 Å². The Bertz CT molecular complexity index is 2970. The van der Waals surface area contributed by atoms with Gasteiger partial charge in [0.25, 0.3) is 0 Å². The zero-order valence-corrected chi connectivity index (χ0v) is 55.2. The molecule has 0 aliphatic carbocycles. The highest BCUT2D eigenvalue weighted by molar-refractivity contribution is 5.78. The number of aliphatic hydroxyl groups is 18. The van der Waals surface area contributed by atoms with Crippen LogP contribution in [0.5, 0.6) is 0 Å².